The highest BCUT2D eigenvalue weighted by molar-refractivity contribution is 6.30. The summed E-state index contributed by atoms with van der Waals surface area (Å²) >= 11 is 5.77. The lowest BCUT2D eigenvalue weighted by atomic mass is 10.1. The molecule has 0 radical (unpaired) electrons. The fraction of sp³-hybridized carbons (Fsp3) is 0.471. The SMILES string of the molecule is O=C(CNC(=O)NCCC(=O)N1CCCCC1)Nc1ccc(Cl)cc1. The molecule has 1 saturated heterocycles. The summed E-state index contributed by atoms with van der Waals surface area (Å²) in [5.74, 6) is -0.289. The van der Waals surface area contributed by atoms with Gasteiger partial charge in [-0.25, -0.2) is 4.79 Å². The number of hydrogen-bond donors (Lipinski definition) is 3. The molecular weight excluding hydrogens is 344 g/mol. The Morgan fingerprint density at radius 3 is 2.36 bits per heavy atom. The van der Waals surface area contributed by atoms with Gasteiger partial charge in [0.2, 0.25) is 11.8 Å². The number of hydrogen-bond acceptors (Lipinski definition) is 3. The highest BCUT2D eigenvalue weighted by Gasteiger charge is 2.16. The molecule has 1 heterocycles. The molecule has 2 rings (SSSR count). The van der Waals surface area contributed by atoms with E-state index in [-0.39, 0.29) is 31.3 Å². The molecule has 4 amide bonds. The van der Waals surface area contributed by atoms with Crippen LogP contribution in [0.5, 0.6) is 0 Å². The third kappa shape index (κ3) is 7.01. The first-order chi connectivity index (χ1) is 12.0. The molecule has 0 aromatic heterocycles. The van der Waals surface area contributed by atoms with Gasteiger partial charge in [-0.3, -0.25) is 9.59 Å². The molecule has 1 aromatic carbocycles. The number of nitrogens with zero attached hydrogens (tertiary/aromatic N) is 1. The van der Waals surface area contributed by atoms with Crippen molar-refractivity contribution in [2.24, 2.45) is 0 Å². The number of anilines is 1. The predicted octanol–water partition coefficient (Wildman–Crippen LogP) is 1.98. The average molecular weight is 367 g/mol. The Morgan fingerprint density at radius 2 is 1.68 bits per heavy atom. The zero-order chi connectivity index (χ0) is 18.1. The van der Waals surface area contributed by atoms with Gasteiger partial charge in [0.1, 0.15) is 0 Å². The van der Waals surface area contributed by atoms with Crippen molar-refractivity contribution in [2.45, 2.75) is 25.7 Å². The molecule has 0 bridgehead atoms. The van der Waals surface area contributed by atoms with Crippen LogP contribution in [0.15, 0.2) is 24.3 Å². The molecular formula is C17H23ClN4O3. The quantitative estimate of drug-likeness (QED) is 0.719. The molecule has 1 aliphatic heterocycles. The maximum atomic E-state index is 12.0. The smallest absolute Gasteiger partial charge is 0.315 e. The molecule has 0 spiro atoms. The van der Waals surface area contributed by atoms with E-state index in [9.17, 15) is 14.4 Å². The zero-order valence-corrected chi connectivity index (χ0v) is 14.8. The van der Waals surface area contributed by atoms with Crippen molar-refractivity contribution in [3.8, 4) is 0 Å². The van der Waals surface area contributed by atoms with E-state index < -0.39 is 6.03 Å². The Labute approximate surface area is 152 Å². The normalized spacial score (nSPS) is 13.9. The molecule has 3 N–H and O–H groups in total. The molecule has 7 nitrogen and oxygen atoms in total. The Hall–Kier alpha value is -2.28. The number of benzene rings is 1. The van der Waals surface area contributed by atoms with Crippen LogP contribution in [0.1, 0.15) is 25.7 Å². The summed E-state index contributed by atoms with van der Waals surface area (Å²) in [6.45, 7) is 1.69. The van der Waals surface area contributed by atoms with Crippen LogP contribution >= 0.6 is 11.6 Å². The van der Waals surface area contributed by atoms with E-state index in [4.69, 9.17) is 11.6 Å². The van der Waals surface area contributed by atoms with E-state index in [0.29, 0.717) is 10.7 Å². The van der Waals surface area contributed by atoms with Gasteiger partial charge in [0.25, 0.3) is 0 Å². The van der Waals surface area contributed by atoms with Crippen LogP contribution in [0.4, 0.5) is 10.5 Å². The Bertz CT molecular complexity index is 600. The van der Waals surface area contributed by atoms with Crippen molar-refractivity contribution in [1.82, 2.24) is 15.5 Å². The van der Waals surface area contributed by atoms with Gasteiger partial charge < -0.3 is 20.9 Å². The molecule has 0 aliphatic carbocycles. The van der Waals surface area contributed by atoms with Gasteiger partial charge in [0, 0.05) is 36.8 Å². The van der Waals surface area contributed by atoms with E-state index in [1.807, 2.05) is 4.90 Å². The summed E-state index contributed by atoms with van der Waals surface area (Å²) in [5.41, 5.74) is 0.601. The second kappa shape index (κ2) is 9.88. The average Bonchev–Trinajstić information content (AvgIpc) is 2.62. The zero-order valence-electron chi connectivity index (χ0n) is 14.0. The lowest BCUT2D eigenvalue weighted by molar-refractivity contribution is -0.131. The molecule has 8 heteroatoms. The largest absolute Gasteiger partial charge is 0.343 e. The topological polar surface area (TPSA) is 90.5 Å². The number of likely N-dealkylation sites (tertiary alicyclic amines) is 1. The molecule has 0 saturated carbocycles. The van der Waals surface area contributed by atoms with Crippen LogP contribution in [0.3, 0.4) is 0 Å². The molecule has 0 atom stereocenters. The number of nitrogens with one attached hydrogen (secondary N) is 3. The Morgan fingerprint density at radius 1 is 1.00 bits per heavy atom. The minimum atomic E-state index is -0.474. The van der Waals surface area contributed by atoms with E-state index in [1.165, 1.54) is 6.42 Å². The number of urea groups is 1. The number of piperidine rings is 1. The van der Waals surface area contributed by atoms with E-state index in [2.05, 4.69) is 16.0 Å². The van der Waals surface area contributed by atoms with Gasteiger partial charge in [-0.05, 0) is 43.5 Å². The first-order valence-corrected chi connectivity index (χ1v) is 8.77. The Kier molecular flexibility index (Phi) is 7.53. The van der Waals surface area contributed by atoms with Gasteiger partial charge in [-0.15, -0.1) is 0 Å². The first kappa shape index (κ1) is 19.1. The van der Waals surface area contributed by atoms with Crippen LogP contribution in [0.25, 0.3) is 0 Å². The van der Waals surface area contributed by atoms with Crippen LogP contribution in [0.2, 0.25) is 5.02 Å². The third-order valence-electron chi connectivity index (χ3n) is 3.87. The summed E-state index contributed by atoms with van der Waals surface area (Å²) in [6, 6.07) is 6.20. The number of rotatable bonds is 6. The van der Waals surface area contributed by atoms with Crippen molar-refractivity contribution in [2.75, 3.05) is 31.5 Å². The molecule has 25 heavy (non-hydrogen) atoms. The fourth-order valence-corrected chi connectivity index (χ4v) is 2.67. The summed E-state index contributed by atoms with van der Waals surface area (Å²) in [6.07, 6.45) is 3.53. The highest BCUT2D eigenvalue weighted by atomic mass is 35.5. The number of halogens is 1. The van der Waals surface area contributed by atoms with Crippen molar-refractivity contribution < 1.29 is 14.4 Å². The van der Waals surface area contributed by atoms with Crippen molar-refractivity contribution >= 4 is 35.1 Å². The highest BCUT2D eigenvalue weighted by Crippen LogP contribution is 2.13. The van der Waals surface area contributed by atoms with Crippen LogP contribution in [-0.4, -0.2) is 48.9 Å². The lowest BCUT2D eigenvalue weighted by Crippen LogP contribution is -2.42. The molecule has 136 valence electrons. The van der Waals surface area contributed by atoms with Gasteiger partial charge in [0.15, 0.2) is 0 Å². The molecule has 1 aliphatic rings. The fourth-order valence-electron chi connectivity index (χ4n) is 2.55. The second-order valence-electron chi connectivity index (χ2n) is 5.86. The van der Waals surface area contributed by atoms with Crippen molar-refractivity contribution in [3.05, 3.63) is 29.3 Å². The number of amides is 4. The summed E-state index contributed by atoms with van der Waals surface area (Å²) < 4.78 is 0. The monoisotopic (exact) mass is 366 g/mol. The maximum Gasteiger partial charge on any atom is 0.315 e. The van der Waals surface area contributed by atoms with Crippen LogP contribution < -0.4 is 16.0 Å². The summed E-state index contributed by atoms with van der Waals surface area (Å²) in [5, 5.41) is 8.26. The summed E-state index contributed by atoms with van der Waals surface area (Å²) in [7, 11) is 0. The number of carbonyl (C=O) groups is 3. The van der Waals surface area contributed by atoms with Gasteiger partial charge in [-0.1, -0.05) is 11.6 Å². The van der Waals surface area contributed by atoms with E-state index in [1.54, 1.807) is 24.3 Å². The third-order valence-corrected chi connectivity index (χ3v) is 4.12. The van der Waals surface area contributed by atoms with Gasteiger partial charge in [0.05, 0.1) is 6.54 Å². The van der Waals surface area contributed by atoms with Gasteiger partial charge in [-0.2, -0.15) is 0 Å². The molecule has 0 unspecified atom stereocenters. The standard InChI is InChI=1S/C17H23ClN4O3/c18-13-4-6-14(7-5-13)21-15(23)12-20-17(25)19-9-8-16(24)22-10-2-1-3-11-22/h4-7H,1-3,8-12H2,(H,21,23)(H2,19,20,25). The molecule has 1 fully saturated rings. The van der Waals surface area contributed by atoms with Crippen molar-refractivity contribution in [3.63, 3.8) is 0 Å². The number of carbonyl (C=O) groups excluding carboxylic acids is 3. The van der Waals surface area contributed by atoms with Crippen LogP contribution in [-0.2, 0) is 9.59 Å². The second-order valence-corrected chi connectivity index (χ2v) is 6.29. The predicted molar refractivity (Wildman–Crippen MR) is 96.5 cm³/mol. The first-order valence-electron chi connectivity index (χ1n) is 8.39. The minimum Gasteiger partial charge on any atom is -0.343 e. The van der Waals surface area contributed by atoms with E-state index >= 15 is 0 Å². The van der Waals surface area contributed by atoms with Crippen LogP contribution in [0, 0.1) is 0 Å². The van der Waals surface area contributed by atoms with E-state index in [0.717, 1.165) is 25.9 Å². The van der Waals surface area contributed by atoms with Gasteiger partial charge >= 0.3 is 6.03 Å². The van der Waals surface area contributed by atoms with Crippen molar-refractivity contribution in [1.29, 1.82) is 0 Å². The lowest BCUT2D eigenvalue weighted by Gasteiger charge is -2.26. The minimum absolute atomic E-state index is 0.0560. The summed E-state index contributed by atoms with van der Waals surface area (Å²) in [4.78, 5) is 37.2. The molecule has 1 aromatic rings. The maximum absolute atomic E-state index is 12.0. The Balaban J connectivity index is 1.59.